The number of hydrogen-bond donors (Lipinski definition) is 2. The number of aryl methyl sites for hydroxylation is 1. The molecule has 1 atom stereocenters. The standard InChI is InChI=1S/C16H19N3O4S/c1-11-12(9-20)3-4-16-15(11)5-13(6-17)19(16)8-14-7-18(2)24(21,22)10-23-14/h3-5,9,14,21-22H,7-8,10H2,1-2H3. The normalized spacial score (nSPS) is 22.2. The van der Waals surface area contributed by atoms with Crippen LogP contribution in [0.1, 0.15) is 21.6 Å². The molecule has 1 aromatic carbocycles. The highest BCUT2D eigenvalue weighted by molar-refractivity contribution is 8.22. The molecule has 0 spiro atoms. The first-order chi connectivity index (χ1) is 11.4. The first-order valence-electron chi connectivity index (χ1n) is 7.44. The summed E-state index contributed by atoms with van der Waals surface area (Å²) in [5.41, 5.74) is 2.79. The third-order valence-electron chi connectivity index (χ3n) is 4.45. The van der Waals surface area contributed by atoms with Crippen molar-refractivity contribution >= 4 is 28.0 Å². The molecule has 2 aromatic rings. The van der Waals surface area contributed by atoms with Crippen molar-refractivity contribution < 1.29 is 18.6 Å². The number of ether oxygens (including phenoxy) is 1. The van der Waals surface area contributed by atoms with Gasteiger partial charge in [0.15, 0.2) is 5.94 Å². The number of fused-ring (bicyclic) bond motifs is 1. The van der Waals surface area contributed by atoms with Crippen LogP contribution >= 0.6 is 10.8 Å². The molecule has 0 amide bonds. The zero-order valence-corrected chi connectivity index (χ0v) is 14.3. The quantitative estimate of drug-likeness (QED) is 0.827. The number of rotatable bonds is 3. The molecule has 0 aliphatic carbocycles. The Morgan fingerprint density at radius 1 is 1.50 bits per heavy atom. The number of benzene rings is 1. The van der Waals surface area contributed by atoms with E-state index in [2.05, 4.69) is 6.07 Å². The molecule has 1 aliphatic rings. The summed E-state index contributed by atoms with van der Waals surface area (Å²) in [5.74, 6) is -0.135. The van der Waals surface area contributed by atoms with Crippen LogP contribution in [0.25, 0.3) is 10.9 Å². The van der Waals surface area contributed by atoms with Gasteiger partial charge in [-0.05, 0) is 30.7 Å². The Morgan fingerprint density at radius 3 is 2.88 bits per heavy atom. The van der Waals surface area contributed by atoms with Crippen LogP contribution in [0.5, 0.6) is 0 Å². The molecule has 1 fully saturated rings. The van der Waals surface area contributed by atoms with E-state index in [-0.39, 0.29) is 12.0 Å². The molecule has 1 aliphatic heterocycles. The fourth-order valence-corrected chi connectivity index (χ4v) is 3.92. The molecule has 8 heteroatoms. The largest absolute Gasteiger partial charge is 0.353 e. The molecular formula is C16H19N3O4S. The number of nitrogens with zero attached hydrogens (tertiary/aromatic N) is 3. The fourth-order valence-electron chi connectivity index (χ4n) is 2.96. The highest BCUT2D eigenvalue weighted by Gasteiger charge is 2.30. The molecule has 0 bridgehead atoms. The Hall–Kier alpha value is -1.89. The number of aldehydes is 1. The molecule has 3 rings (SSSR count). The Kier molecular flexibility index (Phi) is 4.38. The van der Waals surface area contributed by atoms with E-state index >= 15 is 0 Å². The van der Waals surface area contributed by atoms with Crippen molar-refractivity contribution in [3.05, 3.63) is 35.0 Å². The van der Waals surface area contributed by atoms with Gasteiger partial charge in [-0.3, -0.25) is 13.9 Å². The molecule has 24 heavy (non-hydrogen) atoms. The number of hydrogen-bond acceptors (Lipinski definition) is 6. The number of aromatic nitrogens is 1. The van der Waals surface area contributed by atoms with Gasteiger partial charge in [-0.1, -0.05) is 0 Å². The van der Waals surface area contributed by atoms with Crippen LogP contribution in [0, 0.1) is 18.3 Å². The maximum Gasteiger partial charge on any atom is 0.151 e. The van der Waals surface area contributed by atoms with Crippen LogP contribution < -0.4 is 0 Å². The van der Waals surface area contributed by atoms with E-state index in [0.29, 0.717) is 24.3 Å². The van der Waals surface area contributed by atoms with Gasteiger partial charge in [-0.25, -0.2) is 4.31 Å². The van der Waals surface area contributed by atoms with Gasteiger partial charge in [0.05, 0.1) is 12.6 Å². The molecule has 1 aromatic heterocycles. The molecule has 0 saturated carbocycles. The summed E-state index contributed by atoms with van der Waals surface area (Å²) >= 11 is 0. The Morgan fingerprint density at radius 2 is 2.25 bits per heavy atom. The van der Waals surface area contributed by atoms with E-state index in [9.17, 15) is 19.2 Å². The Labute approximate surface area is 141 Å². The minimum absolute atomic E-state index is 0.135. The predicted octanol–water partition coefficient (Wildman–Crippen LogP) is 2.59. The first kappa shape index (κ1) is 17.0. The molecule has 7 nitrogen and oxygen atoms in total. The molecule has 1 saturated heterocycles. The van der Waals surface area contributed by atoms with E-state index in [1.54, 1.807) is 19.2 Å². The number of carbonyl (C=O) groups is 1. The summed E-state index contributed by atoms with van der Waals surface area (Å²) in [7, 11) is -1.21. The van der Waals surface area contributed by atoms with E-state index in [1.165, 1.54) is 4.31 Å². The molecule has 128 valence electrons. The van der Waals surface area contributed by atoms with Crippen LogP contribution in [0.2, 0.25) is 0 Å². The molecular weight excluding hydrogens is 330 g/mol. The average Bonchev–Trinajstić information content (AvgIpc) is 2.90. The summed E-state index contributed by atoms with van der Waals surface area (Å²) in [6.45, 7) is 2.64. The van der Waals surface area contributed by atoms with Crippen LogP contribution in [-0.2, 0) is 11.3 Å². The smallest absolute Gasteiger partial charge is 0.151 e. The van der Waals surface area contributed by atoms with Gasteiger partial charge in [-0.15, -0.1) is 10.8 Å². The van der Waals surface area contributed by atoms with Gasteiger partial charge in [0, 0.05) is 30.1 Å². The van der Waals surface area contributed by atoms with Crippen molar-refractivity contribution in [2.45, 2.75) is 19.6 Å². The molecule has 1 unspecified atom stereocenters. The molecule has 2 N–H and O–H groups in total. The minimum Gasteiger partial charge on any atom is -0.353 e. The third-order valence-corrected chi connectivity index (χ3v) is 6.05. The summed E-state index contributed by atoms with van der Waals surface area (Å²) < 4.78 is 28.5. The third kappa shape index (κ3) is 2.81. The molecule has 2 heterocycles. The Balaban J connectivity index is 1.97. The van der Waals surface area contributed by atoms with Gasteiger partial charge < -0.3 is 9.30 Å². The van der Waals surface area contributed by atoms with Crippen LogP contribution in [0.15, 0.2) is 18.2 Å². The Bertz CT molecular complexity index is 840. The monoisotopic (exact) mass is 349 g/mol. The van der Waals surface area contributed by atoms with Gasteiger partial charge in [0.1, 0.15) is 18.0 Å². The van der Waals surface area contributed by atoms with Gasteiger partial charge in [0.2, 0.25) is 0 Å². The minimum atomic E-state index is -2.85. The lowest BCUT2D eigenvalue weighted by molar-refractivity contribution is 0.0329. The van der Waals surface area contributed by atoms with Crippen molar-refractivity contribution in [1.29, 1.82) is 5.26 Å². The van der Waals surface area contributed by atoms with Crippen molar-refractivity contribution in [1.82, 2.24) is 8.87 Å². The maximum atomic E-state index is 11.1. The van der Waals surface area contributed by atoms with Crippen molar-refractivity contribution in [3.8, 4) is 6.07 Å². The summed E-state index contributed by atoms with van der Waals surface area (Å²) in [4.78, 5) is 11.1. The second kappa shape index (κ2) is 6.20. The van der Waals surface area contributed by atoms with Crippen LogP contribution in [0.3, 0.4) is 0 Å². The number of likely N-dealkylation sites (N-methyl/N-ethyl adjacent to an activating group) is 1. The predicted molar refractivity (Wildman–Crippen MR) is 92.0 cm³/mol. The van der Waals surface area contributed by atoms with Crippen molar-refractivity contribution in [2.75, 3.05) is 19.5 Å². The summed E-state index contributed by atoms with van der Waals surface area (Å²) in [6, 6.07) is 7.52. The maximum absolute atomic E-state index is 11.1. The zero-order chi connectivity index (χ0) is 17.5. The lowest BCUT2D eigenvalue weighted by atomic mass is 10.1. The van der Waals surface area contributed by atoms with Crippen LogP contribution in [0.4, 0.5) is 0 Å². The number of nitriles is 1. The summed E-state index contributed by atoms with van der Waals surface area (Å²) in [6.07, 6.45) is 0.547. The van der Waals surface area contributed by atoms with Gasteiger partial charge in [0.25, 0.3) is 0 Å². The zero-order valence-electron chi connectivity index (χ0n) is 13.5. The van der Waals surface area contributed by atoms with E-state index in [1.807, 2.05) is 17.6 Å². The van der Waals surface area contributed by atoms with Crippen LogP contribution in [-0.4, -0.2) is 49.9 Å². The average molecular weight is 349 g/mol. The van der Waals surface area contributed by atoms with Gasteiger partial charge in [-0.2, -0.15) is 5.26 Å². The topological polar surface area (TPSA) is 98.7 Å². The first-order valence-corrected chi connectivity index (χ1v) is 9.11. The van der Waals surface area contributed by atoms with Crippen molar-refractivity contribution in [3.63, 3.8) is 0 Å². The second-order valence-corrected chi connectivity index (χ2v) is 8.06. The molecule has 0 radical (unpaired) electrons. The van der Waals surface area contributed by atoms with E-state index in [0.717, 1.165) is 22.8 Å². The fraction of sp³-hybridized carbons (Fsp3) is 0.375. The lowest BCUT2D eigenvalue weighted by Gasteiger charge is -2.46. The highest BCUT2D eigenvalue weighted by atomic mass is 32.3. The van der Waals surface area contributed by atoms with Gasteiger partial charge >= 0.3 is 0 Å². The van der Waals surface area contributed by atoms with E-state index in [4.69, 9.17) is 4.74 Å². The SMILES string of the molecule is Cc1c(C=O)ccc2c1cc(C#N)n2CC1CN(C)S(O)(O)CO1. The second-order valence-electron chi connectivity index (χ2n) is 5.93. The number of carbonyl (C=O) groups excluding carboxylic acids is 1. The lowest BCUT2D eigenvalue weighted by Crippen LogP contribution is -2.43. The van der Waals surface area contributed by atoms with Crippen molar-refractivity contribution in [2.24, 2.45) is 0 Å². The summed E-state index contributed by atoms with van der Waals surface area (Å²) in [5, 5.41) is 10.3. The highest BCUT2D eigenvalue weighted by Crippen LogP contribution is 2.45. The van der Waals surface area contributed by atoms with E-state index < -0.39 is 10.8 Å².